The maximum Gasteiger partial charge on any atom is 0.409 e. The Kier molecular flexibility index (Phi) is 5.78. The van der Waals surface area contributed by atoms with Gasteiger partial charge in [-0.1, -0.05) is 12.1 Å². The van der Waals surface area contributed by atoms with Gasteiger partial charge in [0.2, 0.25) is 5.91 Å². The van der Waals surface area contributed by atoms with E-state index in [1.807, 2.05) is 18.2 Å². The molecule has 1 saturated heterocycles. The van der Waals surface area contributed by atoms with Gasteiger partial charge in [0.05, 0.1) is 12.7 Å². The molecular formula is C19H27N3O4. The lowest BCUT2D eigenvalue weighted by Crippen LogP contribution is -2.49. The van der Waals surface area contributed by atoms with E-state index >= 15 is 0 Å². The summed E-state index contributed by atoms with van der Waals surface area (Å²) in [6, 6.07) is 5.85. The number of benzene rings is 1. The molecular weight excluding hydrogens is 334 g/mol. The zero-order chi connectivity index (χ0) is 18.7. The number of aliphatic hydroxyl groups is 1. The number of rotatable bonds is 4. The van der Waals surface area contributed by atoms with Crippen LogP contribution >= 0.6 is 0 Å². The van der Waals surface area contributed by atoms with Crippen LogP contribution in [0.25, 0.3) is 0 Å². The van der Waals surface area contributed by atoms with Crippen molar-refractivity contribution in [3.8, 4) is 0 Å². The summed E-state index contributed by atoms with van der Waals surface area (Å²) < 4.78 is 5.03. The molecule has 1 N–H and O–H groups in total. The van der Waals surface area contributed by atoms with E-state index in [0.717, 1.165) is 36.3 Å². The summed E-state index contributed by atoms with van der Waals surface area (Å²) in [5, 5.41) is 10.6. The lowest BCUT2D eigenvalue weighted by Gasteiger charge is -2.35. The van der Waals surface area contributed by atoms with Gasteiger partial charge in [0.25, 0.3) is 0 Å². The molecule has 2 amide bonds. The molecule has 3 rings (SSSR count). The molecule has 1 unspecified atom stereocenters. The first kappa shape index (κ1) is 18.7. The molecule has 2 heterocycles. The zero-order valence-electron chi connectivity index (χ0n) is 15.5. The van der Waals surface area contributed by atoms with E-state index in [1.54, 1.807) is 23.6 Å². The Morgan fingerprint density at radius 3 is 2.58 bits per heavy atom. The van der Waals surface area contributed by atoms with Crippen molar-refractivity contribution in [3.63, 3.8) is 0 Å². The number of nitrogens with zero attached hydrogens (tertiary/aromatic N) is 3. The number of carbonyl (C=O) groups excluding carboxylic acids is 2. The smallest absolute Gasteiger partial charge is 0.409 e. The van der Waals surface area contributed by atoms with E-state index in [1.165, 1.54) is 0 Å². The fourth-order valence-corrected chi connectivity index (χ4v) is 3.63. The maximum atomic E-state index is 11.7. The first-order valence-electron chi connectivity index (χ1n) is 9.22. The number of fused-ring (bicyclic) bond motifs is 1. The summed E-state index contributed by atoms with van der Waals surface area (Å²) in [5.41, 5.74) is 2.95. The van der Waals surface area contributed by atoms with Crippen LogP contribution in [-0.4, -0.2) is 72.8 Å². The predicted molar refractivity (Wildman–Crippen MR) is 98.2 cm³/mol. The second-order valence-electron chi connectivity index (χ2n) is 6.81. The molecule has 2 aliphatic rings. The van der Waals surface area contributed by atoms with Crippen LogP contribution in [0.5, 0.6) is 0 Å². The van der Waals surface area contributed by atoms with Crippen LogP contribution in [0.3, 0.4) is 0 Å². The van der Waals surface area contributed by atoms with Gasteiger partial charge in [-0.05, 0) is 30.5 Å². The Morgan fingerprint density at radius 1 is 1.19 bits per heavy atom. The van der Waals surface area contributed by atoms with Gasteiger partial charge in [-0.2, -0.15) is 0 Å². The first-order chi connectivity index (χ1) is 12.5. The SMILES string of the molecule is CCOC(=O)N1CCN(CC(O)c2ccc3c(c2)CCN3C(C)=O)CC1. The molecule has 1 fully saturated rings. The first-order valence-corrected chi connectivity index (χ1v) is 9.22. The normalized spacial score (nSPS) is 18.6. The molecule has 2 aliphatic heterocycles. The number of piperazine rings is 1. The quantitative estimate of drug-likeness (QED) is 0.878. The summed E-state index contributed by atoms with van der Waals surface area (Å²) in [4.78, 5) is 29.0. The molecule has 0 bridgehead atoms. The standard InChI is InChI=1S/C19H27N3O4/c1-3-26-19(25)21-10-8-20(9-11-21)13-18(24)16-4-5-17-15(12-16)6-7-22(17)14(2)23/h4-5,12,18,24H,3,6-11,13H2,1-2H3. The van der Waals surface area contributed by atoms with Crippen LogP contribution in [0.1, 0.15) is 31.1 Å². The molecule has 142 valence electrons. The van der Waals surface area contributed by atoms with E-state index in [4.69, 9.17) is 4.74 Å². The van der Waals surface area contributed by atoms with Crippen molar-refractivity contribution in [3.05, 3.63) is 29.3 Å². The molecule has 7 nitrogen and oxygen atoms in total. The fraction of sp³-hybridized carbons (Fsp3) is 0.579. The van der Waals surface area contributed by atoms with Gasteiger partial charge in [-0.25, -0.2) is 4.79 Å². The van der Waals surface area contributed by atoms with Crippen molar-refractivity contribution in [1.82, 2.24) is 9.80 Å². The van der Waals surface area contributed by atoms with Crippen LogP contribution in [-0.2, 0) is 16.0 Å². The Labute approximate surface area is 154 Å². The second-order valence-corrected chi connectivity index (χ2v) is 6.81. The molecule has 1 aromatic rings. The number of β-amino-alcohol motifs (C(OH)–C–C–N with tert-alkyl or cyclic N) is 1. The minimum absolute atomic E-state index is 0.0523. The summed E-state index contributed by atoms with van der Waals surface area (Å²) in [6.07, 6.45) is -0.0181. The second kappa shape index (κ2) is 8.05. The van der Waals surface area contributed by atoms with Gasteiger partial charge in [0.1, 0.15) is 0 Å². The van der Waals surface area contributed by atoms with Crippen LogP contribution in [0, 0.1) is 0 Å². The Bertz CT molecular complexity index is 671. The van der Waals surface area contributed by atoms with E-state index in [2.05, 4.69) is 4.90 Å². The molecule has 0 saturated carbocycles. The highest BCUT2D eigenvalue weighted by atomic mass is 16.6. The van der Waals surface area contributed by atoms with Gasteiger partial charge in [0.15, 0.2) is 0 Å². The van der Waals surface area contributed by atoms with Gasteiger partial charge in [-0.15, -0.1) is 0 Å². The average molecular weight is 361 g/mol. The van der Waals surface area contributed by atoms with Crippen molar-refractivity contribution in [2.75, 3.05) is 50.8 Å². The number of hydrogen-bond acceptors (Lipinski definition) is 5. The predicted octanol–water partition coefficient (Wildman–Crippen LogP) is 1.40. The molecule has 1 atom stereocenters. The monoisotopic (exact) mass is 361 g/mol. The van der Waals surface area contributed by atoms with Crippen LogP contribution in [0.15, 0.2) is 18.2 Å². The summed E-state index contributed by atoms with van der Waals surface area (Å²) in [6.45, 7) is 7.68. The number of ether oxygens (including phenoxy) is 1. The largest absolute Gasteiger partial charge is 0.450 e. The third-order valence-corrected chi connectivity index (χ3v) is 5.09. The van der Waals surface area contributed by atoms with Crippen molar-refractivity contribution in [2.24, 2.45) is 0 Å². The van der Waals surface area contributed by atoms with Crippen molar-refractivity contribution in [2.45, 2.75) is 26.4 Å². The molecule has 0 aromatic heterocycles. The molecule has 26 heavy (non-hydrogen) atoms. The number of aliphatic hydroxyl groups excluding tert-OH is 1. The lowest BCUT2D eigenvalue weighted by atomic mass is 10.0. The van der Waals surface area contributed by atoms with E-state index in [0.29, 0.717) is 32.8 Å². The third-order valence-electron chi connectivity index (χ3n) is 5.09. The highest BCUT2D eigenvalue weighted by molar-refractivity contribution is 5.93. The van der Waals surface area contributed by atoms with E-state index in [-0.39, 0.29) is 12.0 Å². The number of anilines is 1. The highest BCUT2D eigenvalue weighted by Crippen LogP contribution is 2.30. The molecule has 0 aliphatic carbocycles. The Hall–Kier alpha value is -2.12. The van der Waals surface area contributed by atoms with Gasteiger partial charge < -0.3 is 19.6 Å². The summed E-state index contributed by atoms with van der Waals surface area (Å²) in [5.74, 6) is 0.0523. The zero-order valence-corrected chi connectivity index (χ0v) is 15.5. The minimum Gasteiger partial charge on any atom is -0.450 e. The summed E-state index contributed by atoms with van der Waals surface area (Å²) >= 11 is 0. The topological polar surface area (TPSA) is 73.3 Å². The lowest BCUT2D eigenvalue weighted by molar-refractivity contribution is -0.116. The van der Waals surface area contributed by atoms with Gasteiger partial charge in [0, 0.05) is 51.9 Å². The van der Waals surface area contributed by atoms with Crippen LogP contribution < -0.4 is 4.90 Å². The molecule has 0 spiro atoms. The Morgan fingerprint density at radius 2 is 1.92 bits per heavy atom. The van der Waals surface area contributed by atoms with Gasteiger partial charge >= 0.3 is 6.09 Å². The van der Waals surface area contributed by atoms with Gasteiger partial charge in [-0.3, -0.25) is 9.69 Å². The van der Waals surface area contributed by atoms with E-state index < -0.39 is 6.10 Å². The minimum atomic E-state index is -0.583. The van der Waals surface area contributed by atoms with E-state index in [9.17, 15) is 14.7 Å². The Balaban J connectivity index is 1.56. The number of carbonyl (C=O) groups is 2. The molecule has 7 heteroatoms. The highest BCUT2D eigenvalue weighted by Gasteiger charge is 2.26. The average Bonchev–Trinajstić information content (AvgIpc) is 3.06. The molecule has 1 aromatic carbocycles. The van der Waals surface area contributed by atoms with Crippen LogP contribution in [0.4, 0.5) is 10.5 Å². The van der Waals surface area contributed by atoms with Crippen molar-refractivity contribution < 1.29 is 19.4 Å². The summed E-state index contributed by atoms with van der Waals surface area (Å²) in [7, 11) is 0. The number of amides is 2. The fourth-order valence-electron chi connectivity index (χ4n) is 3.63. The number of hydrogen-bond donors (Lipinski definition) is 1. The maximum absolute atomic E-state index is 11.7. The third kappa shape index (κ3) is 3.99. The van der Waals surface area contributed by atoms with Crippen molar-refractivity contribution in [1.29, 1.82) is 0 Å². The van der Waals surface area contributed by atoms with Crippen LogP contribution in [0.2, 0.25) is 0 Å². The molecule has 0 radical (unpaired) electrons. The van der Waals surface area contributed by atoms with Crippen molar-refractivity contribution >= 4 is 17.7 Å².